The molecule has 4 heteroatoms. The molecular formula is C15H23BrN2O. The molecule has 0 aliphatic carbocycles. The number of hydrogen-bond donors (Lipinski definition) is 0. The van der Waals surface area contributed by atoms with Crippen molar-refractivity contribution in [2.45, 2.75) is 20.3 Å². The summed E-state index contributed by atoms with van der Waals surface area (Å²) in [6, 6.07) is 5.77. The van der Waals surface area contributed by atoms with Gasteiger partial charge in [-0.25, -0.2) is 0 Å². The van der Waals surface area contributed by atoms with Crippen LogP contribution in [0.25, 0.3) is 0 Å². The van der Waals surface area contributed by atoms with E-state index in [1.54, 1.807) is 0 Å². The van der Waals surface area contributed by atoms with Crippen LogP contribution in [0.4, 0.5) is 0 Å². The van der Waals surface area contributed by atoms with Crippen LogP contribution < -0.4 is 0 Å². The Morgan fingerprint density at radius 3 is 2.47 bits per heavy atom. The lowest BCUT2D eigenvalue weighted by atomic mass is 10.1. The van der Waals surface area contributed by atoms with Gasteiger partial charge in [0, 0.05) is 23.1 Å². The third kappa shape index (κ3) is 4.96. The van der Waals surface area contributed by atoms with Gasteiger partial charge >= 0.3 is 0 Å². The summed E-state index contributed by atoms with van der Waals surface area (Å²) in [6.45, 7) is 6.59. The van der Waals surface area contributed by atoms with Crippen LogP contribution in [-0.4, -0.2) is 49.4 Å². The summed E-state index contributed by atoms with van der Waals surface area (Å²) in [5, 5.41) is 0. The molecule has 106 valence electrons. The number of aryl methyl sites for hydroxylation is 1. The number of benzene rings is 1. The molecule has 1 amide bonds. The molecule has 0 unspecified atom stereocenters. The predicted molar refractivity (Wildman–Crippen MR) is 83.6 cm³/mol. The van der Waals surface area contributed by atoms with E-state index in [0.29, 0.717) is 0 Å². The highest BCUT2D eigenvalue weighted by Gasteiger charge is 2.14. The molecule has 0 aliphatic rings. The number of carbonyl (C=O) groups excluding carboxylic acids is 1. The van der Waals surface area contributed by atoms with Crippen molar-refractivity contribution >= 4 is 21.8 Å². The summed E-state index contributed by atoms with van der Waals surface area (Å²) < 4.78 is 1.04. The monoisotopic (exact) mass is 326 g/mol. The van der Waals surface area contributed by atoms with Crippen molar-refractivity contribution in [3.05, 3.63) is 33.8 Å². The van der Waals surface area contributed by atoms with Crippen molar-refractivity contribution in [1.29, 1.82) is 0 Å². The van der Waals surface area contributed by atoms with Crippen molar-refractivity contribution in [3.63, 3.8) is 0 Å². The quantitative estimate of drug-likeness (QED) is 0.801. The Bertz CT molecular complexity index is 432. The molecule has 19 heavy (non-hydrogen) atoms. The fraction of sp³-hybridized carbons (Fsp3) is 0.533. The Balaban J connectivity index is 2.69. The average Bonchev–Trinajstić information content (AvgIpc) is 2.37. The summed E-state index contributed by atoms with van der Waals surface area (Å²) in [7, 11) is 4.10. The van der Waals surface area contributed by atoms with Gasteiger partial charge in [-0.15, -0.1) is 0 Å². The van der Waals surface area contributed by atoms with E-state index in [4.69, 9.17) is 0 Å². The van der Waals surface area contributed by atoms with Crippen LogP contribution in [-0.2, 0) is 0 Å². The maximum absolute atomic E-state index is 12.4. The second kappa shape index (κ2) is 7.65. The molecule has 0 saturated heterocycles. The molecule has 0 N–H and O–H groups in total. The van der Waals surface area contributed by atoms with Crippen molar-refractivity contribution in [3.8, 4) is 0 Å². The summed E-state index contributed by atoms with van der Waals surface area (Å²) in [6.07, 6.45) is 1.00. The topological polar surface area (TPSA) is 23.6 Å². The Kier molecular flexibility index (Phi) is 6.52. The van der Waals surface area contributed by atoms with E-state index in [9.17, 15) is 4.79 Å². The largest absolute Gasteiger partial charge is 0.339 e. The molecule has 1 aromatic carbocycles. The predicted octanol–water partition coefficient (Wildman–Crippen LogP) is 3.17. The van der Waals surface area contributed by atoms with Gasteiger partial charge < -0.3 is 9.80 Å². The van der Waals surface area contributed by atoms with Gasteiger partial charge in [-0.3, -0.25) is 4.79 Å². The number of carbonyl (C=O) groups is 1. The van der Waals surface area contributed by atoms with E-state index >= 15 is 0 Å². The molecule has 1 aromatic rings. The first kappa shape index (κ1) is 16.2. The highest BCUT2D eigenvalue weighted by atomic mass is 79.9. The molecule has 0 heterocycles. The van der Waals surface area contributed by atoms with E-state index in [1.807, 2.05) is 36.9 Å². The highest BCUT2D eigenvalue weighted by Crippen LogP contribution is 2.18. The highest BCUT2D eigenvalue weighted by molar-refractivity contribution is 9.10. The van der Waals surface area contributed by atoms with Crippen LogP contribution in [0.15, 0.2) is 22.7 Å². The molecule has 0 radical (unpaired) electrons. The number of halogens is 1. The number of nitrogens with zero attached hydrogens (tertiary/aromatic N) is 2. The first-order chi connectivity index (χ1) is 8.95. The van der Waals surface area contributed by atoms with Crippen LogP contribution in [0.1, 0.15) is 29.3 Å². The van der Waals surface area contributed by atoms with Crippen molar-refractivity contribution in [2.75, 3.05) is 33.7 Å². The first-order valence-electron chi connectivity index (χ1n) is 6.65. The fourth-order valence-corrected chi connectivity index (χ4v) is 2.19. The molecule has 0 saturated carbocycles. The summed E-state index contributed by atoms with van der Waals surface area (Å²) in [4.78, 5) is 16.5. The number of rotatable bonds is 6. The lowest BCUT2D eigenvalue weighted by molar-refractivity contribution is 0.0759. The molecule has 3 nitrogen and oxygen atoms in total. The van der Waals surface area contributed by atoms with Gasteiger partial charge in [0.2, 0.25) is 0 Å². The molecular weight excluding hydrogens is 304 g/mol. The molecule has 0 fully saturated rings. The number of amides is 1. The van der Waals surface area contributed by atoms with Gasteiger partial charge in [-0.05, 0) is 64.7 Å². The standard InChI is InChI=1S/C15H23BrN2O/c1-5-18(10-6-9-17(3)4)15(19)13-7-8-14(16)12(2)11-13/h7-8,11H,5-6,9-10H2,1-4H3. The molecule has 0 aliphatic heterocycles. The summed E-state index contributed by atoms with van der Waals surface area (Å²) >= 11 is 3.46. The van der Waals surface area contributed by atoms with Crippen LogP contribution in [0.5, 0.6) is 0 Å². The third-order valence-electron chi connectivity index (χ3n) is 3.11. The van der Waals surface area contributed by atoms with E-state index in [2.05, 4.69) is 34.9 Å². The Morgan fingerprint density at radius 2 is 1.95 bits per heavy atom. The van der Waals surface area contributed by atoms with Crippen molar-refractivity contribution in [2.24, 2.45) is 0 Å². The lowest BCUT2D eigenvalue weighted by Crippen LogP contribution is -2.33. The summed E-state index contributed by atoms with van der Waals surface area (Å²) in [5.41, 5.74) is 1.86. The van der Waals surface area contributed by atoms with E-state index < -0.39 is 0 Å². The van der Waals surface area contributed by atoms with E-state index in [1.165, 1.54) is 0 Å². The third-order valence-corrected chi connectivity index (χ3v) is 4.00. The molecule has 1 rings (SSSR count). The molecule has 0 spiro atoms. The van der Waals surface area contributed by atoms with Gasteiger partial charge in [0.1, 0.15) is 0 Å². The maximum atomic E-state index is 12.4. The van der Waals surface area contributed by atoms with Gasteiger partial charge in [0.15, 0.2) is 0 Å². The minimum Gasteiger partial charge on any atom is -0.339 e. The normalized spacial score (nSPS) is 10.8. The van der Waals surface area contributed by atoms with Crippen LogP contribution >= 0.6 is 15.9 Å². The summed E-state index contributed by atoms with van der Waals surface area (Å²) in [5.74, 6) is 0.122. The van der Waals surface area contributed by atoms with Gasteiger partial charge in [-0.1, -0.05) is 15.9 Å². The molecule has 0 bridgehead atoms. The average molecular weight is 327 g/mol. The van der Waals surface area contributed by atoms with E-state index in [-0.39, 0.29) is 5.91 Å². The van der Waals surface area contributed by atoms with Gasteiger partial charge in [0.05, 0.1) is 0 Å². The number of hydrogen-bond acceptors (Lipinski definition) is 2. The zero-order valence-electron chi connectivity index (χ0n) is 12.2. The maximum Gasteiger partial charge on any atom is 0.253 e. The fourth-order valence-electron chi connectivity index (χ4n) is 1.94. The Hall–Kier alpha value is -0.870. The van der Waals surface area contributed by atoms with E-state index in [0.717, 1.165) is 41.7 Å². The molecule has 0 aromatic heterocycles. The second-order valence-electron chi connectivity index (χ2n) is 5.01. The Labute approximate surface area is 124 Å². The SMILES string of the molecule is CCN(CCCN(C)C)C(=O)c1ccc(Br)c(C)c1. The zero-order valence-corrected chi connectivity index (χ0v) is 13.8. The van der Waals surface area contributed by atoms with Gasteiger partial charge in [0.25, 0.3) is 5.91 Å². The van der Waals surface area contributed by atoms with Crippen LogP contribution in [0, 0.1) is 6.92 Å². The zero-order chi connectivity index (χ0) is 14.4. The Morgan fingerprint density at radius 1 is 1.26 bits per heavy atom. The van der Waals surface area contributed by atoms with Crippen LogP contribution in [0.2, 0.25) is 0 Å². The van der Waals surface area contributed by atoms with Crippen LogP contribution in [0.3, 0.4) is 0 Å². The smallest absolute Gasteiger partial charge is 0.253 e. The minimum absolute atomic E-state index is 0.122. The molecule has 0 atom stereocenters. The van der Waals surface area contributed by atoms with Crippen molar-refractivity contribution in [1.82, 2.24) is 9.80 Å². The minimum atomic E-state index is 0.122. The lowest BCUT2D eigenvalue weighted by Gasteiger charge is -2.22. The van der Waals surface area contributed by atoms with Gasteiger partial charge in [-0.2, -0.15) is 0 Å². The van der Waals surface area contributed by atoms with Crippen molar-refractivity contribution < 1.29 is 4.79 Å². The second-order valence-corrected chi connectivity index (χ2v) is 5.86. The first-order valence-corrected chi connectivity index (χ1v) is 7.45.